The summed E-state index contributed by atoms with van der Waals surface area (Å²) in [6, 6.07) is 10.3. The fraction of sp³-hybridized carbons (Fsp3) is 0.727. The van der Waals surface area contributed by atoms with Gasteiger partial charge in [-0.15, -0.1) is 0 Å². The third kappa shape index (κ3) is 6.19. The lowest BCUT2D eigenvalue weighted by molar-refractivity contribution is 0.123. The molecule has 3 nitrogen and oxygen atoms in total. The predicted octanol–water partition coefficient (Wildman–Crippen LogP) is 5.96. The molecule has 1 fully saturated rings. The molecule has 1 aromatic carbocycles. The molecule has 0 aliphatic heterocycles. The molecule has 4 heteroatoms. The van der Waals surface area contributed by atoms with Gasteiger partial charge in [0.15, 0.2) is 0 Å². The van der Waals surface area contributed by atoms with E-state index in [4.69, 9.17) is 13.3 Å². The van der Waals surface area contributed by atoms with E-state index >= 15 is 0 Å². The van der Waals surface area contributed by atoms with Gasteiger partial charge in [-0.25, -0.2) is 0 Å². The highest BCUT2D eigenvalue weighted by atomic mass is 28.4. The first-order chi connectivity index (χ1) is 12.7. The highest BCUT2D eigenvalue weighted by molar-refractivity contribution is 6.60. The number of hydrogen-bond donors (Lipinski definition) is 0. The second-order valence-corrected chi connectivity index (χ2v) is 10.8. The molecule has 0 spiro atoms. The Balaban J connectivity index is 1.74. The largest absolute Gasteiger partial charge is 0.500 e. The van der Waals surface area contributed by atoms with Gasteiger partial charge in [-0.05, 0) is 67.9 Å². The van der Waals surface area contributed by atoms with Crippen molar-refractivity contribution in [3.8, 4) is 0 Å². The van der Waals surface area contributed by atoms with Crippen molar-refractivity contribution >= 4 is 8.80 Å². The predicted molar refractivity (Wildman–Crippen MR) is 111 cm³/mol. The Kier molecular flexibility index (Phi) is 9.33. The zero-order chi connectivity index (χ0) is 18.8. The Hall–Kier alpha value is -0.683. The molecule has 1 saturated carbocycles. The summed E-state index contributed by atoms with van der Waals surface area (Å²) in [5.74, 6) is 1.77. The van der Waals surface area contributed by atoms with Crippen LogP contribution in [-0.2, 0) is 19.7 Å². The monoisotopic (exact) mass is 378 g/mol. The van der Waals surface area contributed by atoms with E-state index in [-0.39, 0.29) is 0 Å². The van der Waals surface area contributed by atoms with E-state index in [1.807, 2.05) is 0 Å². The maximum atomic E-state index is 5.49. The van der Waals surface area contributed by atoms with Gasteiger partial charge >= 0.3 is 8.80 Å². The molecule has 2 rings (SSSR count). The summed E-state index contributed by atoms with van der Waals surface area (Å²) >= 11 is 0. The van der Waals surface area contributed by atoms with Crippen LogP contribution >= 0.6 is 0 Å². The summed E-state index contributed by atoms with van der Waals surface area (Å²) in [5, 5.41) is 0. The van der Waals surface area contributed by atoms with Crippen molar-refractivity contribution in [3.05, 3.63) is 35.4 Å². The van der Waals surface area contributed by atoms with Crippen LogP contribution in [0.2, 0.25) is 6.04 Å². The summed E-state index contributed by atoms with van der Waals surface area (Å²) < 4.78 is 16.5. The number of benzene rings is 1. The van der Waals surface area contributed by atoms with Crippen LogP contribution in [0.25, 0.3) is 0 Å². The molecule has 1 aliphatic carbocycles. The van der Waals surface area contributed by atoms with Crippen LogP contribution in [0.3, 0.4) is 0 Å². The van der Waals surface area contributed by atoms with Crippen LogP contribution in [0, 0.1) is 5.92 Å². The van der Waals surface area contributed by atoms with Gasteiger partial charge in [0.1, 0.15) is 0 Å². The standard InChI is InChI=1S/C22H38O3Si/c1-5-8-19-10-14-21(15-11-19)22-16-12-20(13-17-22)9-6-7-18-26(23-2,24-3)25-4/h12-13,16-17,19,21H,5-11,14-15,18H2,1-4H3. The van der Waals surface area contributed by atoms with Crippen LogP contribution in [0.15, 0.2) is 24.3 Å². The number of unbranched alkanes of at least 4 members (excludes halogenated alkanes) is 1. The van der Waals surface area contributed by atoms with E-state index in [1.165, 1.54) is 44.1 Å². The molecule has 0 unspecified atom stereocenters. The molecule has 148 valence electrons. The van der Waals surface area contributed by atoms with Gasteiger partial charge in [0, 0.05) is 27.4 Å². The number of rotatable bonds is 11. The first-order valence-electron chi connectivity index (χ1n) is 10.4. The molecule has 0 bridgehead atoms. The average molecular weight is 379 g/mol. The normalized spacial score (nSPS) is 21.1. The van der Waals surface area contributed by atoms with Crippen molar-refractivity contribution < 1.29 is 13.3 Å². The van der Waals surface area contributed by atoms with Crippen LogP contribution in [0.4, 0.5) is 0 Å². The molecule has 0 N–H and O–H groups in total. The molecule has 0 saturated heterocycles. The zero-order valence-corrected chi connectivity index (χ0v) is 18.3. The molecule has 26 heavy (non-hydrogen) atoms. The quantitative estimate of drug-likeness (QED) is 0.351. The van der Waals surface area contributed by atoms with E-state index in [1.54, 1.807) is 26.9 Å². The maximum absolute atomic E-state index is 5.49. The Bertz CT molecular complexity index is 482. The lowest BCUT2D eigenvalue weighted by Crippen LogP contribution is -2.42. The van der Waals surface area contributed by atoms with Gasteiger partial charge in [0.05, 0.1) is 0 Å². The third-order valence-corrected chi connectivity index (χ3v) is 8.96. The minimum atomic E-state index is -2.40. The van der Waals surface area contributed by atoms with Crippen LogP contribution in [-0.4, -0.2) is 30.1 Å². The summed E-state index contributed by atoms with van der Waals surface area (Å²) in [6.07, 6.45) is 11.7. The smallest absolute Gasteiger partial charge is 0.377 e. The Labute approximate surface area is 161 Å². The summed E-state index contributed by atoms with van der Waals surface area (Å²) in [5.41, 5.74) is 2.99. The number of hydrogen-bond acceptors (Lipinski definition) is 3. The van der Waals surface area contributed by atoms with Gasteiger partial charge in [-0.2, -0.15) is 0 Å². The molecular formula is C22H38O3Si. The Morgan fingerprint density at radius 2 is 1.50 bits per heavy atom. The van der Waals surface area contributed by atoms with Crippen molar-refractivity contribution in [2.24, 2.45) is 5.92 Å². The van der Waals surface area contributed by atoms with Crippen molar-refractivity contribution in [3.63, 3.8) is 0 Å². The zero-order valence-electron chi connectivity index (χ0n) is 17.3. The van der Waals surface area contributed by atoms with Crippen LogP contribution in [0.1, 0.15) is 75.3 Å². The fourth-order valence-corrected chi connectivity index (χ4v) is 6.17. The van der Waals surface area contributed by atoms with Crippen molar-refractivity contribution in [2.45, 2.75) is 76.7 Å². The first-order valence-corrected chi connectivity index (χ1v) is 12.3. The molecule has 0 atom stereocenters. The van der Waals surface area contributed by atoms with E-state index in [2.05, 4.69) is 31.2 Å². The average Bonchev–Trinajstić information content (AvgIpc) is 2.70. The minimum Gasteiger partial charge on any atom is -0.377 e. The second kappa shape index (κ2) is 11.2. The summed E-state index contributed by atoms with van der Waals surface area (Å²) in [7, 11) is 2.67. The van der Waals surface area contributed by atoms with Gasteiger partial charge < -0.3 is 13.3 Å². The number of aryl methyl sites for hydroxylation is 1. The SMILES string of the molecule is CCCC1CCC(c2ccc(CCCC[Si](OC)(OC)OC)cc2)CC1. The van der Waals surface area contributed by atoms with Gasteiger partial charge in [0.25, 0.3) is 0 Å². The maximum Gasteiger partial charge on any atom is 0.500 e. The van der Waals surface area contributed by atoms with Crippen molar-refractivity contribution in [1.29, 1.82) is 0 Å². The molecule has 0 aromatic heterocycles. The summed E-state index contributed by atoms with van der Waals surface area (Å²) in [4.78, 5) is 0. The molecule has 1 aromatic rings. The Morgan fingerprint density at radius 1 is 0.885 bits per heavy atom. The van der Waals surface area contributed by atoms with Crippen LogP contribution in [0.5, 0.6) is 0 Å². The van der Waals surface area contributed by atoms with Gasteiger partial charge in [0.2, 0.25) is 0 Å². The first kappa shape index (κ1) is 21.6. The van der Waals surface area contributed by atoms with E-state index in [0.29, 0.717) is 0 Å². The van der Waals surface area contributed by atoms with Crippen LogP contribution < -0.4 is 0 Å². The highest BCUT2D eigenvalue weighted by Crippen LogP contribution is 2.37. The minimum absolute atomic E-state index is 0.786. The third-order valence-electron chi connectivity index (χ3n) is 6.13. The molecule has 1 aliphatic rings. The molecule has 0 radical (unpaired) electrons. The van der Waals surface area contributed by atoms with E-state index in [0.717, 1.165) is 37.1 Å². The summed E-state index contributed by atoms with van der Waals surface area (Å²) in [6.45, 7) is 2.31. The van der Waals surface area contributed by atoms with E-state index < -0.39 is 8.80 Å². The lowest BCUT2D eigenvalue weighted by atomic mass is 9.77. The van der Waals surface area contributed by atoms with E-state index in [9.17, 15) is 0 Å². The second-order valence-electron chi connectivity index (χ2n) is 7.75. The van der Waals surface area contributed by atoms with Crippen molar-refractivity contribution in [1.82, 2.24) is 0 Å². The van der Waals surface area contributed by atoms with Crippen molar-refractivity contribution in [2.75, 3.05) is 21.3 Å². The fourth-order valence-electron chi connectivity index (χ4n) is 4.38. The highest BCUT2D eigenvalue weighted by Gasteiger charge is 2.36. The molecule has 0 amide bonds. The van der Waals surface area contributed by atoms with Gasteiger partial charge in [-0.1, -0.05) is 44.0 Å². The van der Waals surface area contributed by atoms with Gasteiger partial charge in [-0.3, -0.25) is 0 Å². The molecule has 0 heterocycles. The molecular weight excluding hydrogens is 340 g/mol. The Morgan fingerprint density at radius 3 is 2.04 bits per heavy atom. The lowest BCUT2D eigenvalue weighted by Gasteiger charge is -2.28. The topological polar surface area (TPSA) is 27.7 Å².